The molecule has 4 nitrogen and oxygen atoms in total. The summed E-state index contributed by atoms with van der Waals surface area (Å²) in [7, 11) is 0. The third-order valence-electron chi connectivity index (χ3n) is 3.61. The molecule has 4 rings (SSSR count). The van der Waals surface area contributed by atoms with Crippen molar-refractivity contribution in [3.8, 4) is 5.75 Å². The first-order chi connectivity index (χ1) is 11.9. The lowest BCUT2D eigenvalue weighted by atomic mass is 10.2. The van der Waals surface area contributed by atoms with Gasteiger partial charge < -0.3 is 10.1 Å². The molecule has 5 heteroatoms. The van der Waals surface area contributed by atoms with Crippen molar-refractivity contribution in [1.82, 2.24) is 9.97 Å². The predicted octanol–water partition coefficient (Wildman–Crippen LogP) is 5.01. The fraction of sp³-hybridized carbons (Fsp3) is 0.0526. The maximum atomic E-state index is 5.80. The molecule has 1 N–H and O–H groups in total. The summed E-state index contributed by atoms with van der Waals surface area (Å²) in [6.45, 7) is 0.565. The zero-order chi connectivity index (χ0) is 16.2. The van der Waals surface area contributed by atoms with Crippen molar-refractivity contribution < 1.29 is 4.74 Å². The Kier molecular flexibility index (Phi) is 4.08. The molecule has 24 heavy (non-hydrogen) atoms. The lowest BCUT2D eigenvalue weighted by molar-refractivity contribution is 0.306. The van der Waals surface area contributed by atoms with Crippen molar-refractivity contribution in [1.29, 1.82) is 0 Å². The number of anilines is 2. The molecule has 118 valence electrons. The molecule has 0 amide bonds. The first kappa shape index (κ1) is 14.7. The Hall–Kier alpha value is -2.92. The summed E-state index contributed by atoms with van der Waals surface area (Å²) in [5, 5.41) is 5.36. The van der Waals surface area contributed by atoms with E-state index in [9.17, 15) is 0 Å². The molecule has 0 aliphatic carbocycles. The third kappa shape index (κ3) is 3.21. The number of aromatic nitrogens is 2. The summed E-state index contributed by atoms with van der Waals surface area (Å²) in [6, 6.07) is 20.0. The van der Waals surface area contributed by atoms with Gasteiger partial charge in [0, 0.05) is 5.69 Å². The van der Waals surface area contributed by atoms with Crippen molar-refractivity contribution in [3.05, 3.63) is 77.9 Å². The molecule has 4 aromatic rings. The van der Waals surface area contributed by atoms with Crippen molar-refractivity contribution in [3.63, 3.8) is 0 Å². The number of hydrogen-bond acceptors (Lipinski definition) is 5. The number of benzene rings is 2. The van der Waals surface area contributed by atoms with Crippen molar-refractivity contribution in [2.24, 2.45) is 0 Å². The second kappa shape index (κ2) is 6.68. The van der Waals surface area contributed by atoms with Gasteiger partial charge >= 0.3 is 0 Å². The van der Waals surface area contributed by atoms with E-state index in [1.807, 2.05) is 53.9 Å². The molecule has 0 bridgehead atoms. The van der Waals surface area contributed by atoms with E-state index in [0.717, 1.165) is 33.0 Å². The van der Waals surface area contributed by atoms with Gasteiger partial charge in [-0.3, -0.25) is 0 Å². The van der Waals surface area contributed by atoms with Crippen LogP contribution in [0.25, 0.3) is 10.2 Å². The van der Waals surface area contributed by atoms with Crippen LogP contribution in [0, 0.1) is 0 Å². The van der Waals surface area contributed by atoms with Crippen molar-refractivity contribution in [2.45, 2.75) is 6.61 Å². The minimum atomic E-state index is 0.565. The monoisotopic (exact) mass is 333 g/mol. The molecule has 0 fully saturated rings. The number of rotatable bonds is 5. The summed E-state index contributed by atoms with van der Waals surface area (Å²) in [4.78, 5) is 8.58. The van der Waals surface area contributed by atoms with Crippen LogP contribution < -0.4 is 10.1 Å². The quantitative estimate of drug-likeness (QED) is 0.557. The molecule has 0 saturated carbocycles. The minimum absolute atomic E-state index is 0.565. The highest BCUT2D eigenvalue weighted by Gasteiger charge is 2.05. The lowest BCUT2D eigenvalue weighted by Gasteiger charge is -2.09. The Morgan fingerprint density at radius 1 is 0.917 bits per heavy atom. The molecule has 2 aromatic carbocycles. The molecule has 0 unspecified atom stereocenters. The fourth-order valence-electron chi connectivity index (χ4n) is 2.39. The fourth-order valence-corrected chi connectivity index (χ4v) is 3.18. The maximum absolute atomic E-state index is 5.80. The van der Waals surface area contributed by atoms with Gasteiger partial charge in [-0.25, -0.2) is 9.97 Å². The number of nitrogens with zero attached hydrogens (tertiary/aromatic N) is 2. The molecule has 0 radical (unpaired) electrons. The van der Waals surface area contributed by atoms with Gasteiger partial charge in [0.2, 0.25) is 0 Å². The molecule has 0 aliphatic heterocycles. The summed E-state index contributed by atoms with van der Waals surface area (Å²) < 4.78 is 6.86. The van der Waals surface area contributed by atoms with Crippen LogP contribution in [-0.2, 0) is 6.61 Å². The van der Waals surface area contributed by atoms with E-state index in [4.69, 9.17) is 4.74 Å². The number of hydrogen-bond donors (Lipinski definition) is 1. The Balaban J connectivity index is 1.45. The Labute approximate surface area is 143 Å². The summed E-state index contributed by atoms with van der Waals surface area (Å²) in [5.74, 6) is 1.67. The van der Waals surface area contributed by atoms with Gasteiger partial charge in [0.15, 0.2) is 5.82 Å². The molecular formula is C19H15N3OS. The van der Waals surface area contributed by atoms with Crippen LogP contribution in [0.3, 0.4) is 0 Å². The molecule has 0 aliphatic rings. The lowest BCUT2D eigenvalue weighted by Crippen LogP contribution is -1.96. The smallest absolute Gasteiger partial charge is 0.151 e. The third-order valence-corrected chi connectivity index (χ3v) is 4.52. The van der Waals surface area contributed by atoms with Crippen LogP contribution in [-0.4, -0.2) is 9.97 Å². The summed E-state index contributed by atoms with van der Waals surface area (Å²) in [6.07, 6.45) is 1.58. The number of ether oxygens (including phenoxy) is 1. The zero-order valence-corrected chi connectivity index (χ0v) is 13.7. The Morgan fingerprint density at radius 3 is 2.58 bits per heavy atom. The van der Waals surface area contributed by atoms with Gasteiger partial charge in [0.25, 0.3) is 0 Å². The topological polar surface area (TPSA) is 47.0 Å². The predicted molar refractivity (Wildman–Crippen MR) is 97.9 cm³/mol. The van der Waals surface area contributed by atoms with Gasteiger partial charge in [-0.2, -0.15) is 0 Å². The molecule has 0 spiro atoms. The first-order valence-electron chi connectivity index (χ1n) is 7.60. The van der Waals surface area contributed by atoms with E-state index in [1.165, 1.54) is 0 Å². The van der Waals surface area contributed by atoms with Crippen molar-refractivity contribution in [2.75, 3.05) is 5.32 Å². The van der Waals surface area contributed by atoms with Gasteiger partial charge in [-0.15, -0.1) is 11.3 Å². The van der Waals surface area contributed by atoms with Crippen LogP contribution in [0.5, 0.6) is 5.75 Å². The Morgan fingerprint density at radius 2 is 1.75 bits per heavy atom. The number of nitrogens with one attached hydrogen (secondary N) is 1. The average molecular weight is 333 g/mol. The molecule has 0 saturated heterocycles. The van der Waals surface area contributed by atoms with Crippen LogP contribution in [0.1, 0.15) is 5.56 Å². The molecule has 2 aromatic heterocycles. The van der Waals surface area contributed by atoms with E-state index in [-0.39, 0.29) is 0 Å². The molecule has 2 heterocycles. The van der Waals surface area contributed by atoms with Gasteiger partial charge in [-0.05, 0) is 41.3 Å². The molecule has 0 atom stereocenters. The average Bonchev–Trinajstić information content (AvgIpc) is 3.12. The van der Waals surface area contributed by atoms with Gasteiger partial charge in [0.05, 0.1) is 10.2 Å². The second-order valence-corrected chi connectivity index (χ2v) is 6.20. The van der Waals surface area contributed by atoms with Crippen molar-refractivity contribution >= 4 is 33.1 Å². The highest BCUT2D eigenvalue weighted by Crippen LogP contribution is 2.28. The van der Waals surface area contributed by atoms with Gasteiger partial charge in [0.1, 0.15) is 18.7 Å². The highest BCUT2D eigenvalue weighted by atomic mass is 32.1. The van der Waals surface area contributed by atoms with Crippen LogP contribution >= 0.6 is 11.3 Å². The number of thiophene rings is 1. The highest BCUT2D eigenvalue weighted by molar-refractivity contribution is 7.17. The van der Waals surface area contributed by atoms with E-state index < -0.39 is 0 Å². The summed E-state index contributed by atoms with van der Waals surface area (Å²) in [5.41, 5.74) is 3.08. The van der Waals surface area contributed by atoms with Crippen LogP contribution in [0.4, 0.5) is 11.5 Å². The van der Waals surface area contributed by atoms with Crippen LogP contribution in [0.15, 0.2) is 72.4 Å². The van der Waals surface area contributed by atoms with E-state index in [2.05, 4.69) is 27.4 Å². The minimum Gasteiger partial charge on any atom is -0.489 e. The van der Waals surface area contributed by atoms with E-state index >= 15 is 0 Å². The van der Waals surface area contributed by atoms with E-state index in [0.29, 0.717) is 6.61 Å². The van der Waals surface area contributed by atoms with Gasteiger partial charge in [-0.1, -0.05) is 30.3 Å². The first-order valence-corrected chi connectivity index (χ1v) is 8.48. The zero-order valence-electron chi connectivity index (χ0n) is 12.8. The SMILES string of the molecule is c1ccc(COc2ccc(Nc3ncnc4ccsc34)cc2)cc1. The maximum Gasteiger partial charge on any atom is 0.151 e. The Bertz CT molecular complexity index is 936. The second-order valence-electron chi connectivity index (χ2n) is 5.28. The normalized spacial score (nSPS) is 10.7. The van der Waals surface area contributed by atoms with Crippen LogP contribution in [0.2, 0.25) is 0 Å². The standard InChI is InChI=1S/C19H15N3OS/c1-2-4-14(5-3-1)12-23-16-8-6-15(7-9-16)22-19-18-17(10-11-24-18)20-13-21-19/h1-11,13H,12H2,(H,20,21,22). The largest absolute Gasteiger partial charge is 0.489 e. The van der Waals surface area contributed by atoms with E-state index in [1.54, 1.807) is 17.7 Å². The summed E-state index contributed by atoms with van der Waals surface area (Å²) >= 11 is 1.63. The number of fused-ring (bicyclic) bond motifs is 1. The molecular weight excluding hydrogens is 318 g/mol.